The molecule has 0 aliphatic heterocycles. The largest absolute Gasteiger partial charge is 0.497 e. The highest BCUT2D eigenvalue weighted by molar-refractivity contribution is 5.67. The third-order valence-corrected chi connectivity index (χ3v) is 4.48. The van der Waals surface area contributed by atoms with E-state index in [1.807, 2.05) is 18.2 Å². The van der Waals surface area contributed by atoms with Crippen LogP contribution in [-0.4, -0.2) is 38.6 Å². The standard InChI is InChI=1S/C18H27NO3/c1-14(20)22-18(15-9-7-10-17(12-15)21-4)11-6-5-8-16(18)13-19(2)3/h7,9-10,12,16H,5-6,8,11,13H2,1-4H3. The van der Waals surface area contributed by atoms with Gasteiger partial charge in [0.2, 0.25) is 0 Å². The Hall–Kier alpha value is -1.55. The van der Waals surface area contributed by atoms with Crippen molar-refractivity contribution in [3.8, 4) is 5.75 Å². The highest BCUT2D eigenvalue weighted by Crippen LogP contribution is 2.46. The number of rotatable bonds is 5. The van der Waals surface area contributed by atoms with Crippen LogP contribution in [-0.2, 0) is 15.1 Å². The van der Waals surface area contributed by atoms with Crippen molar-refractivity contribution in [1.82, 2.24) is 4.90 Å². The topological polar surface area (TPSA) is 38.8 Å². The van der Waals surface area contributed by atoms with Crippen molar-refractivity contribution in [3.05, 3.63) is 29.8 Å². The lowest BCUT2D eigenvalue weighted by atomic mass is 9.71. The predicted octanol–water partition coefficient (Wildman–Crippen LogP) is 3.21. The van der Waals surface area contributed by atoms with E-state index in [4.69, 9.17) is 9.47 Å². The predicted molar refractivity (Wildman–Crippen MR) is 87.0 cm³/mol. The van der Waals surface area contributed by atoms with Crippen LogP contribution in [0.4, 0.5) is 0 Å². The maximum atomic E-state index is 11.8. The van der Waals surface area contributed by atoms with E-state index in [2.05, 4.69) is 25.1 Å². The zero-order chi connectivity index (χ0) is 16.2. The molecule has 1 aromatic rings. The number of benzene rings is 1. The summed E-state index contributed by atoms with van der Waals surface area (Å²) < 4.78 is 11.3. The quantitative estimate of drug-likeness (QED) is 0.783. The number of esters is 1. The van der Waals surface area contributed by atoms with Crippen molar-refractivity contribution in [2.24, 2.45) is 5.92 Å². The number of hydrogen-bond acceptors (Lipinski definition) is 4. The van der Waals surface area contributed by atoms with E-state index in [0.717, 1.165) is 37.1 Å². The van der Waals surface area contributed by atoms with Gasteiger partial charge >= 0.3 is 5.97 Å². The Morgan fingerprint density at radius 2 is 2.14 bits per heavy atom. The van der Waals surface area contributed by atoms with Crippen molar-refractivity contribution in [1.29, 1.82) is 0 Å². The molecule has 2 unspecified atom stereocenters. The van der Waals surface area contributed by atoms with Crippen LogP contribution in [0.25, 0.3) is 0 Å². The first-order valence-electron chi connectivity index (χ1n) is 7.97. The van der Waals surface area contributed by atoms with Crippen LogP contribution in [0.3, 0.4) is 0 Å². The Kier molecular flexibility index (Phi) is 5.46. The van der Waals surface area contributed by atoms with E-state index in [-0.39, 0.29) is 5.97 Å². The maximum absolute atomic E-state index is 11.8. The minimum Gasteiger partial charge on any atom is -0.497 e. The highest BCUT2D eigenvalue weighted by Gasteiger charge is 2.45. The average Bonchev–Trinajstić information content (AvgIpc) is 2.48. The molecule has 2 rings (SSSR count). The Labute approximate surface area is 133 Å². The van der Waals surface area contributed by atoms with E-state index >= 15 is 0 Å². The molecule has 0 amide bonds. The van der Waals surface area contributed by atoms with Crippen LogP contribution in [0.15, 0.2) is 24.3 Å². The van der Waals surface area contributed by atoms with E-state index in [0.29, 0.717) is 5.92 Å². The fraction of sp³-hybridized carbons (Fsp3) is 0.611. The zero-order valence-corrected chi connectivity index (χ0v) is 14.1. The van der Waals surface area contributed by atoms with Gasteiger partial charge in [-0.15, -0.1) is 0 Å². The smallest absolute Gasteiger partial charge is 0.303 e. The summed E-state index contributed by atoms with van der Waals surface area (Å²) >= 11 is 0. The first-order chi connectivity index (χ1) is 10.5. The molecule has 0 radical (unpaired) electrons. The van der Waals surface area contributed by atoms with Gasteiger partial charge < -0.3 is 14.4 Å². The number of methoxy groups -OCH3 is 1. The van der Waals surface area contributed by atoms with Crippen LogP contribution in [0.2, 0.25) is 0 Å². The SMILES string of the molecule is COc1cccc(C2(OC(C)=O)CCCCC2CN(C)C)c1. The molecule has 1 aliphatic carbocycles. The van der Waals surface area contributed by atoms with Gasteiger partial charge in [0, 0.05) is 19.4 Å². The van der Waals surface area contributed by atoms with E-state index in [1.54, 1.807) is 7.11 Å². The summed E-state index contributed by atoms with van der Waals surface area (Å²) in [7, 11) is 5.80. The highest BCUT2D eigenvalue weighted by atomic mass is 16.6. The molecule has 1 aliphatic rings. The van der Waals surface area contributed by atoms with Gasteiger partial charge in [-0.2, -0.15) is 0 Å². The van der Waals surface area contributed by atoms with Crippen LogP contribution in [0, 0.1) is 5.92 Å². The first kappa shape index (κ1) is 16.8. The second kappa shape index (κ2) is 7.14. The minimum atomic E-state index is -0.539. The van der Waals surface area contributed by atoms with E-state index < -0.39 is 5.60 Å². The van der Waals surface area contributed by atoms with Crippen LogP contribution >= 0.6 is 0 Å². The number of hydrogen-bond donors (Lipinski definition) is 0. The second-order valence-electron chi connectivity index (χ2n) is 6.42. The van der Waals surface area contributed by atoms with Crippen LogP contribution in [0.5, 0.6) is 5.75 Å². The molecule has 0 saturated heterocycles. The Morgan fingerprint density at radius 3 is 2.77 bits per heavy atom. The van der Waals surface area contributed by atoms with Crippen LogP contribution in [0.1, 0.15) is 38.2 Å². The normalized spacial score (nSPS) is 25.0. The summed E-state index contributed by atoms with van der Waals surface area (Å²) in [6.45, 7) is 2.41. The zero-order valence-electron chi connectivity index (χ0n) is 14.1. The average molecular weight is 305 g/mol. The summed E-state index contributed by atoms with van der Waals surface area (Å²) in [5, 5.41) is 0. The van der Waals surface area contributed by atoms with E-state index in [1.165, 1.54) is 13.3 Å². The second-order valence-corrected chi connectivity index (χ2v) is 6.42. The lowest BCUT2D eigenvalue weighted by Gasteiger charge is -2.44. The Morgan fingerprint density at radius 1 is 1.36 bits per heavy atom. The molecule has 1 aromatic carbocycles. The fourth-order valence-corrected chi connectivity index (χ4v) is 3.61. The maximum Gasteiger partial charge on any atom is 0.303 e. The van der Waals surface area contributed by atoms with Gasteiger partial charge in [0.15, 0.2) is 0 Å². The Balaban J connectivity index is 2.45. The van der Waals surface area contributed by atoms with Gasteiger partial charge in [0.05, 0.1) is 7.11 Å². The molecule has 0 bridgehead atoms. The molecule has 4 heteroatoms. The molecule has 2 atom stereocenters. The molecule has 0 aromatic heterocycles. The third-order valence-electron chi connectivity index (χ3n) is 4.48. The molecular weight excluding hydrogens is 278 g/mol. The summed E-state index contributed by atoms with van der Waals surface area (Å²) in [6, 6.07) is 7.96. The monoisotopic (exact) mass is 305 g/mol. The molecular formula is C18H27NO3. The molecule has 0 heterocycles. The Bertz CT molecular complexity index is 515. The van der Waals surface area contributed by atoms with Crippen molar-refractivity contribution in [2.45, 2.75) is 38.2 Å². The molecule has 4 nitrogen and oxygen atoms in total. The number of ether oxygens (including phenoxy) is 2. The molecule has 1 saturated carbocycles. The van der Waals surface area contributed by atoms with Crippen LogP contribution < -0.4 is 4.74 Å². The summed E-state index contributed by atoms with van der Waals surface area (Å²) in [4.78, 5) is 14.0. The van der Waals surface area contributed by atoms with Gasteiger partial charge in [0.1, 0.15) is 11.4 Å². The van der Waals surface area contributed by atoms with E-state index in [9.17, 15) is 4.79 Å². The third kappa shape index (κ3) is 3.61. The van der Waals surface area contributed by atoms with Crippen molar-refractivity contribution in [3.63, 3.8) is 0 Å². The van der Waals surface area contributed by atoms with Gasteiger partial charge in [-0.05, 0) is 51.1 Å². The molecule has 0 spiro atoms. The summed E-state index contributed by atoms with van der Waals surface area (Å²) in [5.74, 6) is 0.888. The number of carbonyl (C=O) groups excluding carboxylic acids is 1. The lowest BCUT2D eigenvalue weighted by Crippen LogP contribution is -2.46. The molecule has 0 N–H and O–H groups in total. The first-order valence-corrected chi connectivity index (χ1v) is 7.97. The van der Waals surface area contributed by atoms with Gasteiger partial charge in [-0.1, -0.05) is 18.6 Å². The fourth-order valence-electron chi connectivity index (χ4n) is 3.61. The molecule has 1 fully saturated rings. The minimum absolute atomic E-state index is 0.214. The van der Waals surface area contributed by atoms with Gasteiger partial charge in [-0.25, -0.2) is 0 Å². The van der Waals surface area contributed by atoms with Crippen molar-refractivity contribution >= 4 is 5.97 Å². The summed E-state index contributed by atoms with van der Waals surface area (Å²) in [5.41, 5.74) is 0.511. The van der Waals surface area contributed by atoms with Gasteiger partial charge in [0.25, 0.3) is 0 Å². The van der Waals surface area contributed by atoms with Crippen molar-refractivity contribution < 1.29 is 14.3 Å². The number of carbonyl (C=O) groups is 1. The lowest BCUT2D eigenvalue weighted by molar-refractivity contribution is -0.171. The van der Waals surface area contributed by atoms with Crippen molar-refractivity contribution in [2.75, 3.05) is 27.7 Å². The van der Waals surface area contributed by atoms with Gasteiger partial charge in [-0.3, -0.25) is 4.79 Å². The number of nitrogens with zero attached hydrogens (tertiary/aromatic N) is 1. The molecule has 122 valence electrons. The summed E-state index contributed by atoms with van der Waals surface area (Å²) in [6.07, 6.45) is 4.21. The molecule has 22 heavy (non-hydrogen) atoms.